The van der Waals surface area contributed by atoms with Gasteiger partial charge in [0.05, 0.1) is 0 Å². The molecular weight excluding hydrogens is 190 g/mol. The minimum atomic E-state index is 0.497. The molecule has 1 fully saturated rings. The zero-order valence-electron chi connectivity index (χ0n) is 9.05. The summed E-state index contributed by atoms with van der Waals surface area (Å²) >= 11 is 1.84. The molecule has 0 bridgehead atoms. The molecule has 1 heterocycles. The molecule has 0 aromatic carbocycles. The first-order valence-electron chi connectivity index (χ1n) is 5.44. The van der Waals surface area contributed by atoms with E-state index >= 15 is 0 Å². The van der Waals surface area contributed by atoms with E-state index in [1.807, 2.05) is 11.3 Å². The molecule has 1 aliphatic rings. The van der Waals surface area contributed by atoms with Crippen LogP contribution in [0.5, 0.6) is 0 Å². The molecule has 0 saturated heterocycles. The number of thiophene rings is 1. The van der Waals surface area contributed by atoms with Crippen LogP contribution in [0.4, 0.5) is 0 Å². The first-order chi connectivity index (χ1) is 6.68. The van der Waals surface area contributed by atoms with Crippen molar-refractivity contribution in [3.63, 3.8) is 0 Å². The average Bonchev–Trinajstić information content (AvgIpc) is 2.71. The van der Waals surface area contributed by atoms with E-state index in [0.717, 1.165) is 6.54 Å². The van der Waals surface area contributed by atoms with Gasteiger partial charge in [0.1, 0.15) is 0 Å². The quantitative estimate of drug-likeness (QED) is 0.804. The van der Waals surface area contributed by atoms with Crippen molar-refractivity contribution in [2.24, 2.45) is 5.41 Å². The van der Waals surface area contributed by atoms with Crippen molar-refractivity contribution in [2.75, 3.05) is 0 Å². The summed E-state index contributed by atoms with van der Waals surface area (Å²) in [4.78, 5) is 1.45. The van der Waals surface area contributed by atoms with E-state index < -0.39 is 0 Å². The Kier molecular flexibility index (Phi) is 2.93. The molecule has 2 rings (SSSR count). The maximum Gasteiger partial charge on any atom is 0.0302 e. The molecule has 1 N–H and O–H groups in total. The summed E-state index contributed by atoms with van der Waals surface area (Å²) < 4.78 is 0. The SMILES string of the molecule is CC1(C)CCCC1NCc1cccs1. The van der Waals surface area contributed by atoms with E-state index in [1.165, 1.54) is 24.1 Å². The van der Waals surface area contributed by atoms with E-state index in [-0.39, 0.29) is 0 Å². The lowest BCUT2D eigenvalue weighted by Gasteiger charge is -2.27. The number of rotatable bonds is 3. The van der Waals surface area contributed by atoms with Gasteiger partial charge in [-0.15, -0.1) is 11.3 Å². The number of hydrogen-bond acceptors (Lipinski definition) is 2. The Hall–Kier alpha value is -0.340. The van der Waals surface area contributed by atoms with Gasteiger partial charge in [-0.3, -0.25) is 0 Å². The van der Waals surface area contributed by atoms with Gasteiger partial charge >= 0.3 is 0 Å². The van der Waals surface area contributed by atoms with Gasteiger partial charge in [0.25, 0.3) is 0 Å². The topological polar surface area (TPSA) is 12.0 Å². The second-order valence-electron chi connectivity index (χ2n) is 4.89. The maximum absolute atomic E-state index is 3.68. The van der Waals surface area contributed by atoms with E-state index in [9.17, 15) is 0 Å². The summed E-state index contributed by atoms with van der Waals surface area (Å²) in [7, 11) is 0. The molecule has 1 unspecified atom stereocenters. The summed E-state index contributed by atoms with van der Waals surface area (Å²) in [6.45, 7) is 5.81. The van der Waals surface area contributed by atoms with Crippen LogP contribution < -0.4 is 5.32 Å². The van der Waals surface area contributed by atoms with Gasteiger partial charge in [-0.05, 0) is 29.7 Å². The largest absolute Gasteiger partial charge is 0.309 e. The summed E-state index contributed by atoms with van der Waals surface area (Å²) in [6, 6.07) is 5.05. The Balaban J connectivity index is 1.86. The van der Waals surface area contributed by atoms with E-state index in [2.05, 4.69) is 36.7 Å². The highest BCUT2D eigenvalue weighted by Crippen LogP contribution is 2.37. The predicted octanol–water partition coefficient (Wildman–Crippen LogP) is 3.42. The standard InChI is InChI=1S/C12H19NS/c1-12(2)7-3-6-11(12)13-9-10-5-4-8-14-10/h4-5,8,11,13H,3,6-7,9H2,1-2H3. The second kappa shape index (κ2) is 4.03. The summed E-state index contributed by atoms with van der Waals surface area (Å²) in [6.07, 6.45) is 4.10. The Bertz CT molecular complexity index is 277. The minimum Gasteiger partial charge on any atom is -0.309 e. The van der Waals surface area contributed by atoms with Crippen molar-refractivity contribution < 1.29 is 0 Å². The molecule has 0 radical (unpaired) electrons. The molecule has 0 spiro atoms. The summed E-state index contributed by atoms with van der Waals surface area (Å²) in [5, 5.41) is 5.83. The highest BCUT2D eigenvalue weighted by atomic mass is 32.1. The predicted molar refractivity (Wildman–Crippen MR) is 62.6 cm³/mol. The van der Waals surface area contributed by atoms with Gasteiger partial charge in [-0.1, -0.05) is 26.3 Å². The lowest BCUT2D eigenvalue weighted by atomic mass is 9.87. The van der Waals surface area contributed by atoms with Gasteiger partial charge in [-0.2, -0.15) is 0 Å². The minimum absolute atomic E-state index is 0.497. The fourth-order valence-electron chi connectivity index (χ4n) is 2.34. The molecule has 1 saturated carbocycles. The second-order valence-corrected chi connectivity index (χ2v) is 5.93. The molecule has 0 aliphatic heterocycles. The van der Waals surface area contributed by atoms with E-state index in [0.29, 0.717) is 11.5 Å². The van der Waals surface area contributed by atoms with Gasteiger partial charge < -0.3 is 5.32 Å². The van der Waals surface area contributed by atoms with Crippen molar-refractivity contribution >= 4 is 11.3 Å². The zero-order chi connectivity index (χ0) is 10.0. The summed E-state index contributed by atoms with van der Waals surface area (Å²) in [5.41, 5.74) is 0.497. The Morgan fingerprint density at radius 1 is 1.57 bits per heavy atom. The molecule has 1 aromatic heterocycles. The molecule has 1 aliphatic carbocycles. The number of nitrogens with one attached hydrogen (secondary N) is 1. The van der Waals surface area contributed by atoms with Crippen LogP contribution in [-0.4, -0.2) is 6.04 Å². The van der Waals surface area contributed by atoms with Crippen LogP contribution in [0.25, 0.3) is 0 Å². The lowest BCUT2D eigenvalue weighted by molar-refractivity contribution is 0.283. The van der Waals surface area contributed by atoms with Crippen molar-refractivity contribution in [3.8, 4) is 0 Å². The van der Waals surface area contributed by atoms with Crippen LogP contribution in [0.3, 0.4) is 0 Å². The van der Waals surface area contributed by atoms with Crippen LogP contribution in [0, 0.1) is 5.41 Å². The van der Waals surface area contributed by atoms with Crippen LogP contribution in [0.2, 0.25) is 0 Å². The molecule has 1 aromatic rings. The van der Waals surface area contributed by atoms with E-state index in [1.54, 1.807) is 0 Å². The van der Waals surface area contributed by atoms with Crippen LogP contribution in [0.15, 0.2) is 17.5 Å². The van der Waals surface area contributed by atoms with Crippen molar-refractivity contribution in [1.29, 1.82) is 0 Å². The maximum atomic E-state index is 3.68. The number of hydrogen-bond donors (Lipinski definition) is 1. The van der Waals surface area contributed by atoms with Crippen LogP contribution in [-0.2, 0) is 6.54 Å². The highest BCUT2D eigenvalue weighted by Gasteiger charge is 2.33. The average molecular weight is 209 g/mol. The molecule has 14 heavy (non-hydrogen) atoms. The monoisotopic (exact) mass is 209 g/mol. The molecule has 0 amide bonds. The highest BCUT2D eigenvalue weighted by molar-refractivity contribution is 7.09. The normalized spacial score (nSPS) is 25.4. The molecule has 2 heteroatoms. The van der Waals surface area contributed by atoms with Crippen molar-refractivity contribution in [1.82, 2.24) is 5.32 Å². The first-order valence-corrected chi connectivity index (χ1v) is 6.32. The van der Waals surface area contributed by atoms with Gasteiger partial charge in [-0.25, -0.2) is 0 Å². The van der Waals surface area contributed by atoms with Crippen LogP contribution >= 0.6 is 11.3 Å². The third-order valence-electron chi connectivity index (χ3n) is 3.36. The van der Waals surface area contributed by atoms with E-state index in [4.69, 9.17) is 0 Å². The fourth-order valence-corrected chi connectivity index (χ4v) is 3.00. The van der Waals surface area contributed by atoms with Crippen molar-refractivity contribution in [3.05, 3.63) is 22.4 Å². The lowest BCUT2D eigenvalue weighted by Crippen LogP contribution is -2.36. The van der Waals surface area contributed by atoms with Gasteiger partial charge in [0.15, 0.2) is 0 Å². The Morgan fingerprint density at radius 3 is 3.00 bits per heavy atom. The molecule has 78 valence electrons. The first kappa shape index (κ1) is 10.2. The van der Waals surface area contributed by atoms with Crippen molar-refractivity contribution in [2.45, 2.75) is 45.7 Å². The molecule has 1 atom stereocenters. The third-order valence-corrected chi connectivity index (χ3v) is 4.24. The Labute approximate surface area is 90.5 Å². The fraction of sp³-hybridized carbons (Fsp3) is 0.667. The Morgan fingerprint density at radius 2 is 2.43 bits per heavy atom. The summed E-state index contributed by atoms with van der Waals surface area (Å²) in [5.74, 6) is 0. The third kappa shape index (κ3) is 2.18. The van der Waals surface area contributed by atoms with Gasteiger partial charge in [0.2, 0.25) is 0 Å². The smallest absolute Gasteiger partial charge is 0.0302 e. The van der Waals surface area contributed by atoms with Gasteiger partial charge in [0, 0.05) is 17.5 Å². The molecular formula is C12H19NS. The molecule has 1 nitrogen and oxygen atoms in total. The zero-order valence-corrected chi connectivity index (χ0v) is 9.86. The van der Waals surface area contributed by atoms with Crippen LogP contribution in [0.1, 0.15) is 38.0 Å².